The van der Waals surface area contributed by atoms with Crippen LogP contribution in [0.5, 0.6) is 11.5 Å². The van der Waals surface area contributed by atoms with Crippen molar-refractivity contribution < 1.29 is 21.1 Å². The van der Waals surface area contributed by atoms with Crippen molar-refractivity contribution in [3.05, 3.63) is 23.3 Å². The van der Waals surface area contributed by atoms with E-state index in [0.29, 0.717) is 17.9 Å². The number of Topliss-reactive ketones (excluding diaryl/α,β-unsaturated/α-hetero) is 1. The van der Waals surface area contributed by atoms with Gasteiger partial charge in [0.1, 0.15) is 0 Å². The van der Waals surface area contributed by atoms with Crippen LogP contribution in [-0.4, -0.2) is 43.5 Å². The number of hydrogen-bond donors (Lipinski definition) is 0. The molecule has 0 N–H and O–H groups in total. The number of carbonyl (C=O) groups is 1. The Morgan fingerprint density at radius 3 is 3.23 bits per heavy atom. The summed E-state index contributed by atoms with van der Waals surface area (Å²) in [6.07, 6.45) is -3.99. The highest BCUT2D eigenvalue weighted by atomic mass is 16.5. The first-order chi connectivity index (χ1) is 12.5. The highest BCUT2D eigenvalue weighted by Crippen LogP contribution is 2.62. The lowest BCUT2D eigenvalue weighted by Gasteiger charge is -2.57. The molecule has 4 heteroatoms. The van der Waals surface area contributed by atoms with Crippen molar-refractivity contribution in [3.8, 4) is 11.5 Å². The highest BCUT2D eigenvalue weighted by molar-refractivity contribution is 5.89. The summed E-state index contributed by atoms with van der Waals surface area (Å²) < 4.78 is 56.9. The maximum atomic E-state index is 12.9. The van der Waals surface area contributed by atoms with Gasteiger partial charge in [-0.3, -0.25) is 4.79 Å². The highest BCUT2D eigenvalue weighted by Gasteiger charge is 2.65. The van der Waals surface area contributed by atoms with Gasteiger partial charge in [0.05, 0.1) is 8.48 Å². The minimum atomic E-state index is -2.18. The fraction of sp³-hybridized carbons (Fsp3) is 0.611. The van der Waals surface area contributed by atoms with Crippen LogP contribution in [0.1, 0.15) is 37.2 Å². The molecule has 1 aromatic carbocycles. The molecule has 0 amide bonds. The Balaban J connectivity index is 2.00. The van der Waals surface area contributed by atoms with Gasteiger partial charge in [0, 0.05) is 28.9 Å². The van der Waals surface area contributed by atoms with Gasteiger partial charge in [0.2, 0.25) is 0 Å². The Kier molecular flexibility index (Phi) is 1.64. The monoisotopic (exact) mass is 304 g/mol. The molecule has 2 aliphatic carbocycles. The first-order valence-electron chi connectivity index (χ1n) is 10.2. The van der Waals surface area contributed by atoms with E-state index in [1.165, 1.54) is 7.11 Å². The predicted octanol–water partition coefficient (Wildman–Crippen LogP) is 1.93. The predicted molar refractivity (Wildman–Crippen MR) is 81.6 cm³/mol. The molecule has 4 atom stereocenters. The summed E-state index contributed by atoms with van der Waals surface area (Å²) in [6, 6.07) is 1.18. The number of ketones is 1. The fourth-order valence-corrected chi connectivity index (χ4v) is 4.49. The molecule has 5 rings (SSSR count). The molecular weight excluding hydrogens is 278 g/mol. The molecule has 2 bridgehead atoms. The van der Waals surface area contributed by atoms with Crippen molar-refractivity contribution in [3.63, 3.8) is 0 Å². The van der Waals surface area contributed by atoms with Gasteiger partial charge in [-0.2, -0.15) is 0 Å². The maximum absolute atomic E-state index is 12.9. The van der Waals surface area contributed by atoms with Crippen LogP contribution >= 0.6 is 0 Å². The Morgan fingerprint density at radius 1 is 1.55 bits per heavy atom. The number of hydrogen-bond acceptors (Lipinski definition) is 4. The number of likely N-dealkylation sites (N-methyl/N-ethyl adjacent to an activating group) is 1. The molecule has 2 fully saturated rings. The quantitative estimate of drug-likeness (QED) is 0.795. The van der Waals surface area contributed by atoms with E-state index in [4.69, 9.17) is 13.6 Å². The zero-order valence-electron chi connectivity index (χ0n) is 17.7. The second-order valence-corrected chi connectivity index (χ2v) is 6.40. The summed E-state index contributed by atoms with van der Waals surface area (Å²) >= 11 is 0. The number of ether oxygens (including phenoxy) is 2. The Hall–Kier alpha value is -1.55. The summed E-state index contributed by atoms with van der Waals surface area (Å²) in [6.45, 7) is 0.303. The van der Waals surface area contributed by atoms with Gasteiger partial charge in [-0.25, -0.2) is 0 Å². The van der Waals surface area contributed by atoms with E-state index in [1.54, 1.807) is 24.1 Å². The van der Waals surface area contributed by atoms with E-state index in [1.807, 2.05) is 0 Å². The summed E-state index contributed by atoms with van der Waals surface area (Å²) in [5.74, 6) is -1.61. The van der Waals surface area contributed by atoms with E-state index < -0.39 is 35.6 Å². The second-order valence-electron chi connectivity index (χ2n) is 6.40. The average Bonchev–Trinajstić information content (AvgIpc) is 2.90. The number of likely N-dealkylation sites (tertiary alicyclic amines) is 1. The lowest BCUT2D eigenvalue weighted by molar-refractivity contribution is -0.138. The van der Waals surface area contributed by atoms with Gasteiger partial charge in [-0.15, -0.1) is 0 Å². The van der Waals surface area contributed by atoms with Gasteiger partial charge in [0.15, 0.2) is 23.4 Å². The molecule has 1 saturated heterocycles. The average molecular weight is 304 g/mol. The zero-order chi connectivity index (χ0) is 19.6. The summed E-state index contributed by atoms with van der Waals surface area (Å²) in [4.78, 5) is 14.5. The van der Waals surface area contributed by atoms with Crippen LogP contribution in [0.25, 0.3) is 0 Å². The van der Waals surface area contributed by atoms with Crippen molar-refractivity contribution >= 4 is 5.78 Å². The van der Waals surface area contributed by atoms with Crippen molar-refractivity contribution in [2.45, 2.75) is 43.1 Å². The molecule has 1 aromatic rings. The summed E-state index contributed by atoms with van der Waals surface area (Å²) in [5.41, 5.74) is -0.776. The molecule has 2 heterocycles. The van der Waals surface area contributed by atoms with Crippen LogP contribution < -0.4 is 9.47 Å². The number of rotatable bonds is 1. The van der Waals surface area contributed by atoms with Gasteiger partial charge in [-0.05, 0) is 50.3 Å². The van der Waals surface area contributed by atoms with Crippen LogP contribution in [0.15, 0.2) is 12.1 Å². The topological polar surface area (TPSA) is 38.8 Å². The molecule has 1 saturated carbocycles. The molecule has 116 valence electrons. The summed E-state index contributed by atoms with van der Waals surface area (Å²) in [5, 5.41) is 0. The number of benzene rings is 1. The van der Waals surface area contributed by atoms with Crippen LogP contribution in [0, 0.1) is 5.89 Å². The van der Waals surface area contributed by atoms with Crippen molar-refractivity contribution in [2.24, 2.45) is 5.89 Å². The molecule has 1 unspecified atom stereocenters. The first kappa shape index (κ1) is 8.92. The lowest BCUT2D eigenvalue weighted by atomic mass is 9.52. The Bertz CT molecular complexity index is 909. The largest absolute Gasteiger partial charge is 0.493 e. The van der Waals surface area contributed by atoms with E-state index in [0.717, 1.165) is 0 Å². The molecule has 4 aliphatic rings. The van der Waals surface area contributed by atoms with Crippen LogP contribution in [0.3, 0.4) is 0 Å². The van der Waals surface area contributed by atoms with E-state index >= 15 is 0 Å². The number of methoxy groups -OCH3 is 1. The summed E-state index contributed by atoms with van der Waals surface area (Å²) in [7, 11) is 3.11. The number of piperidine rings is 1. The van der Waals surface area contributed by atoms with Crippen molar-refractivity contribution in [1.29, 1.82) is 0 Å². The third-order valence-electron chi connectivity index (χ3n) is 5.47. The standard InChI is InChI=1S/C18H21NO3/c1-19-8-7-18-11-4-5-13(20)17(18)22-16-14(21-2)6-3-10(15(16)18)9-12(11)19/h3,6,11-12,17H,4-5,7-9H2,1-2H3/t11-,12+,17?,18-/m0/s1/i9D2,11D,12D,17D. The number of nitrogens with zero attached hydrogens (tertiary/aromatic N) is 1. The molecule has 22 heavy (non-hydrogen) atoms. The maximum Gasteiger partial charge on any atom is 0.174 e. The SMILES string of the molecule is [2H]C12Oc3c(OC)ccc4c3[C@@]13CCN(C)[C@]([2H])(C4([2H])[2H])[C@]3([2H])CCC2=O. The van der Waals surface area contributed by atoms with E-state index in [9.17, 15) is 7.54 Å². The smallest absolute Gasteiger partial charge is 0.174 e. The molecular formula is C18H21NO3. The third kappa shape index (κ3) is 1.27. The van der Waals surface area contributed by atoms with Gasteiger partial charge in [-0.1, -0.05) is 6.07 Å². The van der Waals surface area contributed by atoms with Gasteiger partial charge < -0.3 is 14.4 Å². The van der Waals surface area contributed by atoms with Crippen LogP contribution in [0.2, 0.25) is 0 Å². The minimum absolute atomic E-state index is 0.0270. The first-order valence-corrected chi connectivity index (χ1v) is 7.68. The van der Waals surface area contributed by atoms with Gasteiger partial charge >= 0.3 is 0 Å². The number of carbonyl (C=O) groups excluding carboxylic acids is 1. The molecule has 0 radical (unpaired) electrons. The Labute approximate surface area is 137 Å². The molecule has 2 aliphatic heterocycles. The van der Waals surface area contributed by atoms with Crippen LogP contribution in [0.4, 0.5) is 0 Å². The minimum Gasteiger partial charge on any atom is -0.493 e. The van der Waals surface area contributed by atoms with Gasteiger partial charge in [0.25, 0.3) is 0 Å². The van der Waals surface area contributed by atoms with E-state index in [2.05, 4.69) is 0 Å². The van der Waals surface area contributed by atoms with E-state index in [-0.39, 0.29) is 30.6 Å². The third-order valence-corrected chi connectivity index (χ3v) is 5.47. The van der Waals surface area contributed by atoms with Crippen molar-refractivity contribution in [2.75, 3.05) is 20.7 Å². The van der Waals surface area contributed by atoms with Crippen LogP contribution in [-0.2, 0) is 16.6 Å². The second kappa shape index (κ2) is 4.05. The molecule has 0 aromatic heterocycles. The molecule has 4 nitrogen and oxygen atoms in total. The van der Waals surface area contributed by atoms with Crippen molar-refractivity contribution in [1.82, 2.24) is 4.90 Å². The fourth-order valence-electron chi connectivity index (χ4n) is 4.49. The lowest BCUT2D eigenvalue weighted by Crippen LogP contribution is -2.65. The normalized spacial score (nSPS) is 54.1. The zero-order valence-corrected chi connectivity index (χ0v) is 12.7. The Morgan fingerprint density at radius 2 is 2.41 bits per heavy atom. The molecule has 1 spiro atoms.